The number of methoxy groups -OCH3 is 1. The molecule has 1 atom stereocenters. The number of carbonyl (C=O) groups excluding carboxylic acids is 1. The molecule has 4 nitrogen and oxygen atoms in total. The summed E-state index contributed by atoms with van der Waals surface area (Å²) >= 11 is 0. The van der Waals surface area contributed by atoms with Crippen molar-refractivity contribution in [2.24, 2.45) is 0 Å². The molecule has 1 heterocycles. The fourth-order valence-corrected chi connectivity index (χ4v) is 2.11. The summed E-state index contributed by atoms with van der Waals surface area (Å²) < 4.78 is 5.30. The summed E-state index contributed by atoms with van der Waals surface area (Å²) in [5.74, 6) is 1.12. The van der Waals surface area contributed by atoms with Crippen LogP contribution < -0.4 is 15.8 Å². The molecule has 0 radical (unpaired) electrons. The number of ether oxygens (including phenoxy) is 1. The van der Waals surface area contributed by atoms with E-state index in [1.165, 1.54) is 0 Å². The van der Waals surface area contributed by atoms with Gasteiger partial charge >= 0.3 is 0 Å². The topological polar surface area (TPSA) is 64.3 Å². The van der Waals surface area contributed by atoms with E-state index in [1.54, 1.807) is 7.11 Å². The van der Waals surface area contributed by atoms with E-state index in [0.717, 1.165) is 24.3 Å². The minimum Gasteiger partial charge on any atom is -0.496 e. The Labute approximate surface area is 94.8 Å². The zero-order valence-corrected chi connectivity index (χ0v) is 9.32. The number of hydrogen-bond acceptors (Lipinski definition) is 3. The molecule has 0 saturated carbocycles. The van der Waals surface area contributed by atoms with E-state index in [9.17, 15) is 4.79 Å². The Balaban J connectivity index is 2.28. The van der Waals surface area contributed by atoms with Crippen molar-refractivity contribution in [2.45, 2.75) is 18.8 Å². The number of nitrogens with one attached hydrogen (secondary N) is 1. The number of carbonyl (C=O) groups is 1. The smallest absolute Gasteiger partial charge is 0.220 e. The lowest BCUT2D eigenvalue weighted by molar-refractivity contribution is -0.122. The molecule has 0 spiro atoms. The second-order valence-electron chi connectivity index (χ2n) is 4.04. The molecule has 16 heavy (non-hydrogen) atoms. The van der Waals surface area contributed by atoms with E-state index in [1.807, 2.05) is 18.2 Å². The van der Waals surface area contributed by atoms with Crippen molar-refractivity contribution in [2.75, 3.05) is 19.4 Å². The molecule has 1 fully saturated rings. The van der Waals surface area contributed by atoms with Gasteiger partial charge in [-0.15, -0.1) is 0 Å². The summed E-state index contributed by atoms with van der Waals surface area (Å²) in [7, 11) is 1.63. The molecular formula is C12H16N2O2. The van der Waals surface area contributed by atoms with Crippen LogP contribution in [0.2, 0.25) is 0 Å². The first kappa shape index (κ1) is 10.8. The molecule has 0 bridgehead atoms. The second kappa shape index (κ2) is 4.43. The van der Waals surface area contributed by atoms with E-state index in [-0.39, 0.29) is 11.8 Å². The molecule has 0 aromatic heterocycles. The van der Waals surface area contributed by atoms with E-state index < -0.39 is 0 Å². The first-order valence-corrected chi connectivity index (χ1v) is 5.41. The van der Waals surface area contributed by atoms with Crippen molar-refractivity contribution >= 4 is 11.6 Å². The molecule has 1 aromatic carbocycles. The van der Waals surface area contributed by atoms with Crippen molar-refractivity contribution < 1.29 is 9.53 Å². The van der Waals surface area contributed by atoms with Gasteiger partial charge in [0.15, 0.2) is 0 Å². The molecule has 86 valence electrons. The van der Waals surface area contributed by atoms with Crippen LogP contribution in [-0.2, 0) is 4.79 Å². The highest BCUT2D eigenvalue weighted by molar-refractivity contribution is 5.78. The fourth-order valence-electron chi connectivity index (χ4n) is 2.11. The van der Waals surface area contributed by atoms with Crippen LogP contribution in [0.3, 0.4) is 0 Å². The van der Waals surface area contributed by atoms with E-state index in [4.69, 9.17) is 10.5 Å². The van der Waals surface area contributed by atoms with Crippen molar-refractivity contribution in [3.63, 3.8) is 0 Å². The molecular weight excluding hydrogens is 204 g/mol. The quantitative estimate of drug-likeness (QED) is 0.738. The van der Waals surface area contributed by atoms with Gasteiger partial charge in [-0.1, -0.05) is 6.07 Å². The summed E-state index contributed by atoms with van der Waals surface area (Å²) in [4.78, 5) is 11.3. The van der Waals surface area contributed by atoms with Crippen LogP contribution in [0.1, 0.15) is 24.3 Å². The number of anilines is 1. The van der Waals surface area contributed by atoms with Crippen LogP contribution in [-0.4, -0.2) is 19.6 Å². The second-order valence-corrected chi connectivity index (χ2v) is 4.04. The Hall–Kier alpha value is -1.71. The normalized spacial score (nSPS) is 20.3. The molecule has 1 amide bonds. The summed E-state index contributed by atoms with van der Waals surface area (Å²) in [5.41, 5.74) is 7.46. The van der Waals surface area contributed by atoms with Gasteiger partial charge in [0.25, 0.3) is 0 Å². The van der Waals surface area contributed by atoms with Gasteiger partial charge in [-0.3, -0.25) is 4.79 Å². The lowest BCUT2D eigenvalue weighted by Crippen LogP contribution is -2.32. The highest BCUT2D eigenvalue weighted by Gasteiger charge is 2.23. The van der Waals surface area contributed by atoms with Gasteiger partial charge in [-0.2, -0.15) is 0 Å². The number of hydrogen-bond donors (Lipinski definition) is 2. The Bertz CT molecular complexity index is 404. The van der Waals surface area contributed by atoms with Crippen molar-refractivity contribution in [3.8, 4) is 5.75 Å². The standard InChI is InChI=1S/C12H16N2O2/c1-16-11-7-9(13)2-3-10(11)8-4-5-14-12(15)6-8/h2-3,7-8H,4-6,13H2,1H3,(H,14,15). The molecule has 3 N–H and O–H groups in total. The number of rotatable bonds is 2. The van der Waals surface area contributed by atoms with Crippen LogP contribution in [0.25, 0.3) is 0 Å². The predicted molar refractivity (Wildman–Crippen MR) is 62.4 cm³/mol. The maximum Gasteiger partial charge on any atom is 0.220 e. The van der Waals surface area contributed by atoms with E-state index in [2.05, 4.69) is 5.32 Å². The molecule has 1 aromatic rings. The first-order chi connectivity index (χ1) is 7.70. The van der Waals surface area contributed by atoms with Gasteiger partial charge in [0.05, 0.1) is 7.11 Å². The van der Waals surface area contributed by atoms with Crippen LogP contribution in [0.4, 0.5) is 5.69 Å². The Morgan fingerprint density at radius 2 is 2.31 bits per heavy atom. The maximum absolute atomic E-state index is 11.3. The van der Waals surface area contributed by atoms with Gasteiger partial charge in [0, 0.05) is 24.7 Å². The molecule has 1 aliphatic heterocycles. The lowest BCUT2D eigenvalue weighted by Gasteiger charge is -2.24. The number of nitrogens with two attached hydrogens (primary N) is 1. The number of amides is 1. The summed E-state index contributed by atoms with van der Waals surface area (Å²) in [5, 5.41) is 2.83. The van der Waals surface area contributed by atoms with Crippen molar-refractivity contribution in [1.82, 2.24) is 5.32 Å². The van der Waals surface area contributed by atoms with Gasteiger partial charge in [-0.05, 0) is 24.0 Å². The lowest BCUT2D eigenvalue weighted by atomic mass is 9.89. The van der Waals surface area contributed by atoms with Crippen LogP contribution in [0, 0.1) is 0 Å². The zero-order valence-electron chi connectivity index (χ0n) is 9.32. The fraction of sp³-hybridized carbons (Fsp3) is 0.417. The summed E-state index contributed by atoms with van der Waals surface area (Å²) in [6.45, 7) is 0.733. The Kier molecular flexibility index (Phi) is 2.99. The third-order valence-corrected chi connectivity index (χ3v) is 2.94. The number of piperidine rings is 1. The van der Waals surface area contributed by atoms with Gasteiger partial charge < -0.3 is 15.8 Å². The monoisotopic (exact) mass is 220 g/mol. The average Bonchev–Trinajstić information content (AvgIpc) is 2.28. The number of nitrogen functional groups attached to an aromatic ring is 1. The van der Waals surface area contributed by atoms with E-state index in [0.29, 0.717) is 12.1 Å². The minimum absolute atomic E-state index is 0.107. The first-order valence-electron chi connectivity index (χ1n) is 5.41. The molecule has 1 unspecified atom stereocenters. The van der Waals surface area contributed by atoms with Crippen LogP contribution in [0.15, 0.2) is 18.2 Å². The molecule has 2 rings (SSSR count). The summed E-state index contributed by atoms with van der Waals surface area (Å²) in [6.07, 6.45) is 1.48. The molecule has 1 aliphatic rings. The Morgan fingerprint density at radius 3 is 3.00 bits per heavy atom. The predicted octanol–water partition coefficient (Wildman–Crippen LogP) is 1.27. The third kappa shape index (κ3) is 2.10. The third-order valence-electron chi connectivity index (χ3n) is 2.94. The van der Waals surface area contributed by atoms with Gasteiger partial charge in [0.2, 0.25) is 5.91 Å². The molecule has 1 saturated heterocycles. The summed E-state index contributed by atoms with van der Waals surface area (Å²) in [6, 6.07) is 5.61. The van der Waals surface area contributed by atoms with Crippen LogP contribution >= 0.6 is 0 Å². The van der Waals surface area contributed by atoms with E-state index >= 15 is 0 Å². The number of benzene rings is 1. The van der Waals surface area contributed by atoms with Crippen LogP contribution in [0.5, 0.6) is 5.75 Å². The van der Waals surface area contributed by atoms with Gasteiger partial charge in [-0.25, -0.2) is 0 Å². The highest BCUT2D eigenvalue weighted by atomic mass is 16.5. The maximum atomic E-state index is 11.3. The molecule has 0 aliphatic carbocycles. The minimum atomic E-state index is 0.107. The van der Waals surface area contributed by atoms with Gasteiger partial charge in [0.1, 0.15) is 5.75 Å². The Morgan fingerprint density at radius 1 is 1.50 bits per heavy atom. The largest absolute Gasteiger partial charge is 0.496 e. The molecule has 4 heteroatoms. The highest BCUT2D eigenvalue weighted by Crippen LogP contribution is 2.33. The van der Waals surface area contributed by atoms with Crippen molar-refractivity contribution in [1.29, 1.82) is 0 Å². The van der Waals surface area contributed by atoms with Crippen molar-refractivity contribution in [3.05, 3.63) is 23.8 Å². The average molecular weight is 220 g/mol. The SMILES string of the molecule is COc1cc(N)ccc1C1CCNC(=O)C1. The zero-order chi connectivity index (χ0) is 11.5.